The Kier molecular flexibility index (Phi) is 3.36. The van der Waals surface area contributed by atoms with E-state index in [0.29, 0.717) is 0 Å². The number of benzene rings is 1. The van der Waals surface area contributed by atoms with Crippen LogP contribution in [0.2, 0.25) is 0 Å². The molecular formula is C15H15N3OS. The van der Waals surface area contributed by atoms with Crippen molar-refractivity contribution < 1.29 is 4.79 Å². The van der Waals surface area contributed by atoms with Gasteiger partial charge in [0.25, 0.3) is 0 Å². The largest absolute Gasteiger partial charge is 0.356 e. The number of hydrogen-bond acceptors (Lipinski definition) is 4. The number of anilines is 1. The van der Waals surface area contributed by atoms with Gasteiger partial charge in [-0.05, 0) is 36.2 Å². The first-order valence-electron chi connectivity index (χ1n) is 6.39. The van der Waals surface area contributed by atoms with Crippen molar-refractivity contribution >= 4 is 23.4 Å². The maximum Gasteiger partial charge on any atom is 0.219 e. The second-order valence-electron chi connectivity index (χ2n) is 4.74. The van der Waals surface area contributed by atoms with Gasteiger partial charge in [0.05, 0.1) is 5.69 Å². The van der Waals surface area contributed by atoms with E-state index in [0.717, 1.165) is 21.7 Å². The molecule has 1 aliphatic heterocycles. The lowest BCUT2D eigenvalue weighted by Gasteiger charge is -2.09. The Hall–Kier alpha value is -2.01. The normalized spacial score (nSPS) is 16.4. The Morgan fingerprint density at radius 3 is 3.00 bits per heavy atom. The number of rotatable bonds is 2. The molecule has 2 N–H and O–H groups in total. The Morgan fingerprint density at radius 2 is 2.25 bits per heavy atom. The summed E-state index contributed by atoms with van der Waals surface area (Å²) in [4.78, 5) is 16.4. The number of aryl methyl sites for hydroxylation is 1. The zero-order valence-electron chi connectivity index (χ0n) is 11.3. The van der Waals surface area contributed by atoms with Crippen molar-refractivity contribution in [1.82, 2.24) is 10.3 Å². The minimum atomic E-state index is -0.0901. The molecule has 2 heterocycles. The number of nitrogens with zero attached hydrogens (tertiary/aromatic N) is 1. The quantitative estimate of drug-likeness (QED) is 0.890. The Morgan fingerprint density at radius 1 is 1.40 bits per heavy atom. The van der Waals surface area contributed by atoms with Crippen LogP contribution in [-0.2, 0) is 4.79 Å². The van der Waals surface area contributed by atoms with E-state index in [1.54, 1.807) is 18.0 Å². The second kappa shape index (κ2) is 5.17. The third-order valence-electron chi connectivity index (χ3n) is 3.20. The van der Waals surface area contributed by atoms with E-state index in [-0.39, 0.29) is 11.4 Å². The average molecular weight is 285 g/mol. The number of fused-ring (bicyclic) bond motifs is 1. The number of pyridine rings is 1. The van der Waals surface area contributed by atoms with E-state index in [9.17, 15) is 4.79 Å². The number of hydrogen-bond donors (Lipinski definition) is 2. The lowest BCUT2D eigenvalue weighted by atomic mass is 10.0. The predicted octanol–water partition coefficient (Wildman–Crippen LogP) is 2.99. The van der Waals surface area contributed by atoms with Crippen LogP contribution >= 0.6 is 11.8 Å². The van der Waals surface area contributed by atoms with Crippen molar-refractivity contribution in [1.29, 1.82) is 0 Å². The number of aromatic nitrogens is 1. The number of thioether (sulfide) groups is 1. The van der Waals surface area contributed by atoms with Crippen LogP contribution in [0.25, 0.3) is 11.1 Å². The molecule has 2 aromatic rings. The van der Waals surface area contributed by atoms with E-state index >= 15 is 0 Å². The van der Waals surface area contributed by atoms with Gasteiger partial charge in [-0.15, -0.1) is 0 Å². The van der Waals surface area contributed by atoms with Gasteiger partial charge in [0.15, 0.2) is 5.50 Å². The first-order valence-corrected chi connectivity index (χ1v) is 7.27. The predicted molar refractivity (Wildman–Crippen MR) is 81.5 cm³/mol. The molecule has 0 radical (unpaired) electrons. The van der Waals surface area contributed by atoms with E-state index in [2.05, 4.69) is 34.7 Å². The van der Waals surface area contributed by atoms with Crippen molar-refractivity contribution in [2.45, 2.75) is 24.2 Å². The van der Waals surface area contributed by atoms with Gasteiger partial charge in [0.1, 0.15) is 0 Å². The molecule has 0 saturated heterocycles. The zero-order chi connectivity index (χ0) is 14.1. The van der Waals surface area contributed by atoms with E-state index < -0.39 is 0 Å². The smallest absolute Gasteiger partial charge is 0.219 e. The molecule has 1 atom stereocenters. The summed E-state index contributed by atoms with van der Waals surface area (Å²) in [6.45, 7) is 3.60. The highest BCUT2D eigenvalue weighted by molar-refractivity contribution is 8.00. The van der Waals surface area contributed by atoms with E-state index in [4.69, 9.17) is 0 Å². The number of carbonyl (C=O) groups is 1. The molecule has 0 aliphatic carbocycles. The van der Waals surface area contributed by atoms with E-state index in [1.807, 2.05) is 18.3 Å². The van der Waals surface area contributed by atoms with Gasteiger partial charge in [-0.1, -0.05) is 17.8 Å². The Balaban J connectivity index is 1.90. The average Bonchev–Trinajstić information content (AvgIpc) is 2.79. The molecule has 3 rings (SSSR count). The van der Waals surface area contributed by atoms with Crippen LogP contribution in [0.15, 0.2) is 41.6 Å². The molecule has 20 heavy (non-hydrogen) atoms. The molecule has 0 fully saturated rings. The van der Waals surface area contributed by atoms with Crippen LogP contribution in [0.5, 0.6) is 0 Å². The summed E-state index contributed by atoms with van der Waals surface area (Å²) >= 11 is 1.62. The monoisotopic (exact) mass is 285 g/mol. The third kappa shape index (κ3) is 2.49. The standard InChI is InChI=1S/C15H15N3OS/c1-9-5-6-16-8-12(9)11-3-4-13-14(7-11)20-15(18-13)17-10(2)19/h3-8,15,18H,1-2H3,(H,17,19). The fourth-order valence-corrected chi connectivity index (χ4v) is 3.33. The van der Waals surface area contributed by atoms with Gasteiger partial charge in [-0.2, -0.15) is 0 Å². The summed E-state index contributed by atoms with van der Waals surface area (Å²) in [5.41, 5.74) is 4.45. The first-order chi connectivity index (χ1) is 9.63. The maximum atomic E-state index is 11.1. The molecule has 0 saturated carbocycles. The fourth-order valence-electron chi connectivity index (χ4n) is 2.22. The van der Waals surface area contributed by atoms with Gasteiger partial charge in [-0.3, -0.25) is 9.78 Å². The summed E-state index contributed by atoms with van der Waals surface area (Å²) in [5, 5.41) is 6.13. The van der Waals surface area contributed by atoms with Crippen LogP contribution < -0.4 is 10.6 Å². The summed E-state index contributed by atoms with van der Waals surface area (Å²) < 4.78 is 0. The third-order valence-corrected chi connectivity index (χ3v) is 4.26. The van der Waals surface area contributed by atoms with Gasteiger partial charge in [0.2, 0.25) is 5.91 Å². The van der Waals surface area contributed by atoms with Gasteiger partial charge < -0.3 is 10.6 Å². The van der Waals surface area contributed by atoms with Crippen LogP contribution in [-0.4, -0.2) is 16.4 Å². The first kappa shape index (κ1) is 13.0. The summed E-state index contributed by atoms with van der Waals surface area (Å²) in [7, 11) is 0. The maximum absolute atomic E-state index is 11.1. The summed E-state index contributed by atoms with van der Waals surface area (Å²) in [5.74, 6) is -0.0360. The van der Waals surface area contributed by atoms with Gasteiger partial charge in [0, 0.05) is 29.8 Å². The second-order valence-corrected chi connectivity index (χ2v) is 5.89. The molecule has 4 nitrogen and oxygen atoms in total. The molecule has 0 spiro atoms. The molecule has 1 amide bonds. The highest BCUT2D eigenvalue weighted by atomic mass is 32.2. The highest BCUT2D eigenvalue weighted by Gasteiger charge is 2.22. The van der Waals surface area contributed by atoms with Crippen molar-refractivity contribution in [3.63, 3.8) is 0 Å². The zero-order valence-corrected chi connectivity index (χ0v) is 12.1. The van der Waals surface area contributed by atoms with Crippen LogP contribution in [0.3, 0.4) is 0 Å². The molecule has 0 bridgehead atoms. The number of nitrogens with one attached hydrogen (secondary N) is 2. The Bertz CT molecular complexity index is 672. The topological polar surface area (TPSA) is 54.0 Å². The van der Waals surface area contributed by atoms with Crippen molar-refractivity contribution in [3.05, 3.63) is 42.2 Å². The Labute approximate surface area is 122 Å². The van der Waals surface area contributed by atoms with Crippen molar-refractivity contribution in [2.24, 2.45) is 0 Å². The minimum absolute atomic E-state index is 0.0360. The van der Waals surface area contributed by atoms with Crippen LogP contribution in [0, 0.1) is 6.92 Å². The van der Waals surface area contributed by atoms with Crippen molar-refractivity contribution in [3.8, 4) is 11.1 Å². The molecule has 1 unspecified atom stereocenters. The minimum Gasteiger partial charge on any atom is -0.356 e. The highest BCUT2D eigenvalue weighted by Crippen LogP contribution is 2.40. The van der Waals surface area contributed by atoms with Crippen LogP contribution in [0.4, 0.5) is 5.69 Å². The molecule has 1 aliphatic rings. The number of carbonyl (C=O) groups excluding carboxylic acids is 1. The van der Waals surface area contributed by atoms with Gasteiger partial charge in [-0.25, -0.2) is 0 Å². The van der Waals surface area contributed by atoms with Crippen LogP contribution in [0.1, 0.15) is 12.5 Å². The molecule has 1 aromatic heterocycles. The molecular weight excluding hydrogens is 270 g/mol. The summed E-state index contributed by atoms with van der Waals surface area (Å²) in [6, 6.07) is 8.27. The van der Waals surface area contributed by atoms with E-state index in [1.165, 1.54) is 12.5 Å². The summed E-state index contributed by atoms with van der Waals surface area (Å²) in [6.07, 6.45) is 3.69. The van der Waals surface area contributed by atoms with Crippen molar-refractivity contribution in [2.75, 3.05) is 5.32 Å². The lowest BCUT2D eigenvalue weighted by Crippen LogP contribution is -2.33. The molecule has 102 valence electrons. The lowest BCUT2D eigenvalue weighted by molar-refractivity contribution is -0.119. The van der Waals surface area contributed by atoms with Gasteiger partial charge >= 0.3 is 0 Å². The molecule has 5 heteroatoms. The SMILES string of the molecule is CC(=O)NC1Nc2ccc(-c3cnccc3C)cc2S1. The fraction of sp³-hybridized carbons (Fsp3) is 0.200. The number of amides is 1. The molecule has 1 aromatic carbocycles.